The van der Waals surface area contributed by atoms with Crippen molar-refractivity contribution in [2.75, 3.05) is 17.1 Å². The Morgan fingerprint density at radius 2 is 1.79 bits per heavy atom. The van der Waals surface area contributed by atoms with Crippen LogP contribution in [0.15, 0.2) is 58.1 Å². The Hall–Kier alpha value is -2.91. The predicted molar refractivity (Wildman–Crippen MR) is 137 cm³/mol. The minimum absolute atomic E-state index is 0.385. The number of sulfonamides is 1. The molecule has 1 aromatic heterocycles. The standard InChI is InChI=1S/C24H27BrN4O3S/c1-16-10-11-21(12-17(16)2)29-18(3)13-20(19(29)4)14-26-27-24(30)15-28(33(5,31)32)23-9-7-6-8-22(23)25/h6-14H,15H2,1-5H3,(H,27,30)/b26-14-. The van der Waals surface area contributed by atoms with Gasteiger partial charge in [0.15, 0.2) is 0 Å². The van der Waals surface area contributed by atoms with E-state index in [0.717, 1.165) is 33.2 Å². The first-order chi connectivity index (χ1) is 15.5. The van der Waals surface area contributed by atoms with Crippen molar-refractivity contribution in [3.8, 4) is 5.69 Å². The van der Waals surface area contributed by atoms with Gasteiger partial charge in [0.05, 0.1) is 18.2 Å². The third-order valence-corrected chi connectivity index (χ3v) is 7.22. The zero-order chi connectivity index (χ0) is 24.3. The van der Waals surface area contributed by atoms with Gasteiger partial charge in [0.1, 0.15) is 6.54 Å². The summed E-state index contributed by atoms with van der Waals surface area (Å²) in [4.78, 5) is 12.5. The van der Waals surface area contributed by atoms with Crippen LogP contribution in [0.25, 0.3) is 5.69 Å². The molecule has 1 amide bonds. The molecule has 0 saturated heterocycles. The largest absolute Gasteiger partial charge is 0.318 e. The smallest absolute Gasteiger partial charge is 0.260 e. The highest BCUT2D eigenvalue weighted by Crippen LogP contribution is 2.27. The van der Waals surface area contributed by atoms with Gasteiger partial charge in [0, 0.05) is 27.1 Å². The minimum atomic E-state index is -3.67. The molecule has 0 spiro atoms. The molecule has 1 heterocycles. The van der Waals surface area contributed by atoms with Crippen molar-refractivity contribution in [2.45, 2.75) is 27.7 Å². The van der Waals surface area contributed by atoms with Gasteiger partial charge in [-0.3, -0.25) is 9.10 Å². The van der Waals surface area contributed by atoms with Gasteiger partial charge >= 0.3 is 0 Å². The first-order valence-electron chi connectivity index (χ1n) is 10.3. The highest BCUT2D eigenvalue weighted by Gasteiger charge is 2.22. The molecule has 2 aromatic carbocycles. The molecule has 9 heteroatoms. The summed E-state index contributed by atoms with van der Waals surface area (Å²) >= 11 is 3.34. The number of anilines is 1. The van der Waals surface area contributed by atoms with Crippen molar-refractivity contribution in [1.82, 2.24) is 9.99 Å². The van der Waals surface area contributed by atoms with Crippen LogP contribution in [-0.4, -0.2) is 37.9 Å². The molecule has 0 saturated carbocycles. The molecule has 0 atom stereocenters. The van der Waals surface area contributed by atoms with Crippen LogP contribution in [0.2, 0.25) is 0 Å². The second-order valence-electron chi connectivity index (χ2n) is 7.94. The van der Waals surface area contributed by atoms with Gasteiger partial charge in [0.2, 0.25) is 10.0 Å². The second kappa shape index (κ2) is 9.93. The number of carbonyl (C=O) groups excluding carboxylic acids is 1. The summed E-state index contributed by atoms with van der Waals surface area (Å²) in [5.74, 6) is -0.546. The van der Waals surface area contributed by atoms with E-state index in [9.17, 15) is 13.2 Å². The van der Waals surface area contributed by atoms with Crippen molar-refractivity contribution >= 4 is 43.8 Å². The van der Waals surface area contributed by atoms with Crippen LogP contribution in [0.5, 0.6) is 0 Å². The van der Waals surface area contributed by atoms with E-state index in [1.165, 1.54) is 11.1 Å². The first-order valence-corrected chi connectivity index (χ1v) is 12.9. The Bertz CT molecular complexity index is 1330. The lowest BCUT2D eigenvalue weighted by Gasteiger charge is -2.22. The number of rotatable bonds is 7. The maximum Gasteiger partial charge on any atom is 0.260 e. The molecule has 0 fully saturated rings. The summed E-state index contributed by atoms with van der Waals surface area (Å²) in [7, 11) is -3.67. The van der Waals surface area contributed by atoms with Crippen LogP contribution >= 0.6 is 15.9 Å². The number of hydrogen-bond acceptors (Lipinski definition) is 4. The minimum Gasteiger partial charge on any atom is -0.318 e. The number of nitrogens with one attached hydrogen (secondary N) is 1. The van der Waals surface area contributed by atoms with Gasteiger partial charge in [-0.05, 0) is 85.1 Å². The summed E-state index contributed by atoms with van der Waals surface area (Å²) in [6.45, 7) is 7.78. The predicted octanol–water partition coefficient (Wildman–Crippen LogP) is 4.39. The monoisotopic (exact) mass is 530 g/mol. The molecule has 0 bridgehead atoms. The van der Waals surface area contributed by atoms with E-state index < -0.39 is 15.9 Å². The summed E-state index contributed by atoms with van der Waals surface area (Å²) in [6, 6.07) is 15.1. The van der Waals surface area contributed by atoms with E-state index in [4.69, 9.17) is 0 Å². The Morgan fingerprint density at radius 3 is 2.42 bits per heavy atom. The van der Waals surface area contributed by atoms with Crippen molar-refractivity contribution in [2.24, 2.45) is 5.10 Å². The normalized spacial score (nSPS) is 11.7. The van der Waals surface area contributed by atoms with Crippen molar-refractivity contribution < 1.29 is 13.2 Å². The molecular weight excluding hydrogens is 504 g/mol. The number of amides is 1. The molecule has 0 aliphatic heterocycles. The van der Waals surface area contributed by atoms with E-state index in [0.29, 0.717) is 10.2 Å². The fourth-order valence-corrected chi connectivity index (χ4v) is 5.04. The summed E-state index contributed by atoms with van der Waals surface area (Å²) < 4.78 is 28.3. The fraction of sp³-hybridized carbons (Fsp3) is 0.250. The lowest BCUT2D eigenvalue weighted by atomic mass is 10.1. The number of aryl methyl sites for hydroxylation is 3. The molecular formula is C24H27BrN4O3S. The zero-order valence-electron chi connectivity index (χ0n) is 19.3. The fourth-order valence-electron chi connectivity index (χ4n) is 3.55. The Labute approximate surface area is 203 Å². The number of benzene rings is 2. The van der Waals surface area contributed by atoms with Gasteiger partial charge in [-0.1, -0.05) is 18.2 Å². The molecule has 3 rings (SSSR count). The molecule has 0 aliphatic rings. The number of carbonyl (C=O) groups is 1. The SMILES string of the molecule is Cc1ccc(-n2c(C)cc(/C=N\NC(=O)CN(c3ccccc3Br)S(C)(=O)=O)c2C)cc1C. The summed E-state index contributed by atoms with van der Waals surface area (Å²) in [5.41, 5.74) is 9.21. The Balaban J connectivity index is 1.76. The topological polar surface area (TPSA) is 83.8 Å². The van der Waals surface area contributed by atoms with Crippen LogP contribution in [0.4, 0.5) is 5.69 Å². The lowest BCUT2D eigenvalue weighted by molar-refractivity contribution is -0.119. The summed E-state index contributed by atoms with van der Waals surface area (Å²) in [6.07, 6.45) is 2.63. The van der Waals surface area contributed by atoms with E-state index in [-0.39, 0.29) is 6.54 Å². The average molecular weight is 531 g/mol. The molecule has 7 nitrogen and oxygen atoms in total. The van der Waals surface area contributed by atoms with Crippen LogP contribution in [-0.2, 0) is 14.8 Å². The van der Waals surface area contributed by atoms with Gasteiger partial charge in [-0.2, -0.15) is 5.10 Å². The second-order valence-corrected chi connectivity index (χ2v) is 10.7. The van der Waals surface area contributed by atoms with Gasteiger partial charge in [0.25, 0.3) is 5.91 Å². The lowest BCUT2D eigenvalue weighted by Crippen LogP contribution is -2.39. The zero-order valence-corrected chi connectivity index (χ0v) is 21.7. The Kier molecular flexibility index (Phi) is 7.44. The Morgan fingerprint density at radius 1 is 1.09 bits per heavy atom. The third kappa shape index (κ3) is 5.72. The van der Waals surface area contributed by atoms with E-state index >= 15 is 0 Å². The molecule has 0 radical (unpaired) electrons. The first kappa shape index (κ1) is 24.7. The van der Waals surface area contributed by atoms with Crippen molar-refractivity contribution in [1.29, 1.82) is 0 Å². The highest BCUT2D eigenvalue weighted by atomic mass is 79.9. The van der Waals surface area contributed by atoms with E-state index in [2.05, 4.69) is 63.1 Å². The number of aromatic nitrogens is 1. The van der Waals surface area contributed by atoms with Gasteiger partial charge in [-0.25, -0.2) is 13.8 Å². The van der Waals surface area contributed by atoms with Crippen molar-refractivity contribution in [3.63, 3.8) is 0 Å². The van der Waals surface area contributed by atoms with E-state index in [1.807, 2.05) is 19.9 Å². The molecule has 0 aliphatic carbocycles. The number of para-hydroxylation sites is 1. The maximum absolute atomic E-state index is 12.5. The molecule has 0 unspecified atom stereocenters. The number of hydrogen-bond donors (Lipinski definition) is 1. The molecule has 174 valence electrons. The number of halogens is 1. The van der Waals surface area contributed by atoms with Crippen LogP contribution in [0, 0.1) is 27.7 Å². The van der Waals surface area contributed by atoms with Gasteiger partial charge in [-0.15, -0.1) is 0 Å². The van der Waals surface area contributed by atoms with E-state index in [1.54, 1.807) is 30.5 Å². The molecule has 3 aromatic rings. The van der Waals surface area contributed by atoms with Gasteiger partial charge < -0.3 is 4.57 Å². The third-order valence-electron chi connectivity index (χ3n) is 5.42. The quantitative estimate of drug-likeness (QED) is 0.363. The van der Waals surface area contributed by atoms with Crippen LogP contribution in [0.3, 0.4) is 0 Å². The van der Waals surface area contributed by atoms with Crippen molar-refractivity contribution in [3.05, 3.63) is 81.1 Å². The maximum atomic E-state index is 12.5. The average Bonchev–Trinajstić information content (AvgIpc) is 3.01. The number of nitrogens with zero attached hydrogens (tertiary/aromatic N) is 3. The molecule has 1 N–H and O–H groups in total. The van der Waals surface area contributed by atoms with Crippen LogP contribution < -0.4 is 9.73 Å². The highest BCUT2D eigenvalue weighted by molar-refractivity contribution is 9.10. The summed E-state index contributed by atoms with van der Waals surface area (Å²) in [5, 5.41) is 4.06. The molecule has 33 heavy (non-hydrogen) atoms. The number of hydrazone groups is 1. The van der Waals surface area contributed by atoms with Crippen LogP contribution in [0.1, 0.15) is 28.1 Å².